The lowest BCUT2D eigenvalue weighted by Crippen LogP contribution is -2.07. The molecule has 1 rings (SSSR count). The van der Waals surface area contributed by atoms with E-state index in [1.807, 2.05) is 0 Å². The first-order chi connectivity index (χ1) is 7.21. The van der Waals surface area contributed by atoms with Crippen LogP contribution < -0.4 is 0 Å². The molecule has 0 saturated heterocycles. The molecule has 7 heteroatoms. The van der Waals surface area contributed by atoms with Crippen LogP contribution in [0, 0.1) is 11.6 Å². The summed E-state index contributed by atoms with van der Waals surface area (Å²) in [7, 11) is -4.01. The van der Waals surface area contributed by atoms with Crippen LogP contribution in [0.1, 0.15) is 5.56 Å². The molecule has 1 aromatic carbocycles. The number of hydrogen-bond acceptors (Lipinski definition) is 3. The van der Waals surface area contributed by atoms with Gasteiger partial charge >= 0.3 is 5.97 Å². The van der Waals surface area contributed by atoms with Gasteiger partial charge in [-0.3, -0.25) is 4.79 Å². The van der Waals surface area contributed by atoms with Gasteiger partial charge in [0, 0.05) is 6.26 Å². The molecule has 0 aliphatic carbocycles. The first-order valence-electron chi connectivity index (χ1n) is 4.11. The molecule has 0 aromatic heterocycles. The predicted octanol–water partition coefficient (Wildman–Crippen LogP) is 0.995. The minimum Gasteiger partial charge on any atom is -0.481 e. The van der Waals surface area contributed by atoms with Crippen LogP contribution in [0.25, 0.3) is 0 Å². The van der Waals surface area contributed by atoms with Crippen molar-refractivity contribution < 1.29 is 27.1 Å². The van der Waals surface area contributed by atoms with E-state index in [1.165, 1.54) is 0 Å². The molecule has 0 atom stereocenters. The van der Waals surface area contributed by atoms with Crippen LogP contribution in [0.3, 0.4) is 0 Å². The number of carboxylic acids is 1. The smallest absolute Gasteiger partial charge is 0.307 e. The SMILES string of the molecule is CS(=O)(=O)c1c(F)cc(CC(=O)O)cc1F. The summed E-state index contributed by atoms with van der Waals surface area (Å²) in [5, 5.41) is 8.41. The van der Waals surface area contributed by atoms with Crippen molar-refractivity contribution in [2.45, 2.75) is 11.3 Å². The topological polar surface area (TPSA) is 71.4 Å². The Labute approximate surface area is 90.4 Å². The predicted molar refractivity (Wildman–Crippen MR) is 50.8 cm³/mol. The van der Waals surface area contributed by atoms with Gasteiger partial charge in [-0.2, -0.15) is 0 Å². The van der Waals surface area contributed by atoms with Gasteiger partial charge in [0.05, 0.1) is 6.42 Å². The molecule has 0 saturated carbocycles. The fraction of sp³-hybridized carbons (Fsp3) is 0.222. The monoisotopic (exact) mass is 250 g/mol. The number of halogens is 2. The zero-order valence-corrected chi connectivity index (χ0v) is 9.01. The molecule has 0 aliphatic rings. The summed E-state index contributed by atoms with van der Waals surface area (Å²) in [5.41, 5.74) is -0.130. The number of rotatable bonds is 3. The lowest BCUT2D eigenvalue weighted by molar-refractivity contribution is -0.136. The highest BCUT2D eigenvalue weighted by molar-refractivity contribution is 7.90. The van der Waals surface area contributed by atoms with Crippen molar-refractivity contribution in [1.29, 1.82) is 0 Å². The van der Waals surface area contributed by atoms with Crippen LogP contribution >= 0.6 is 0 Å². The van der Waals surface area contributed by atoms with Crippen molar-refractivity contribution in [1.82, 2.24) is 0 Å². The number of carboxylic acid groups (broad SMARTS) is 1. The van der Waals surface area contributed by atoms with Crippen molar-refractivity contribution >= 4 is 15.8 Å². The van der Waals surface area contributed by atoms with Crippen molar-refractivity contribution in [3.63, 3.8) is 0 Å². The molecule has 0 heterocycles. The Morgan fingerprint density at radius 3 is 2.06 bits per heavy atom. The molecule has 0 spiro atoms. The van der Waals surface area contributed by atoms with E-state index in [2.05, 4.69) is 0 Å². The standard InChI is InChI=1S/C9H8F2O4S/c1-16(14,15)9-6(10)2-5(3-7(9)11)4-8(12)13/h2-3H,4H2,1H3,(H,12,13). The van der Waals surface area contributed by atoms with Crippen LogP contribution in [-0.2, 0) is 21.1 Å². The molecule has 88 valence electrons. The summed E-state index contributed by atoms with van der Waals surface area (Å²) in [6, 6.07) is 1.40. The first kappa shape index (κ1) is 12.6. The Morgan fingerprint density at radius 2 is 1.75 bits per heavy atom. The molecular formula is C9H8F2O4S. The summed E-state index contributed by atoms with van der Waals surface area (Å²) in [6.45, 7) is 0. The number of sulfone groups is 1. The second-order valence-corrected chi connectivity index (χ2v) is 5.18. The number of benzene rings is 1. The van der Waals surface area contributed by atoms with Crippen molar-refractivity contribution in [3.05, 3.63) is 29.3 Å². The molecule has 0 unspecified atom stereocenters. The largest absolute Gasteiger partial charge is 0.481 e. The maximum absolute atomic E-state index is 13.2. The fourth-order valence-corrected chi connectivity index (χ4v) is 2.07. The second kappa shape index (κ2) is 4.17. The molecule has 0 aliphatic heterocycles. The minimum atomic E-state index is -4.01. The van der Waals surface area contributed by atoms with Gasteiger partial charge in [0.15, 0.2) is 9.84 Å². The number of hydrogen-bond donors (Lipinski definition) is 1. The van der Waals surface area contributed by atoms with Crippen LogP contribution in [0.2, 0.25) is 0 Å². The molecule has 1 aromatic rings. The molecule has 0 bridgehead atoms. The normalized spacial score (nSPS) is 11.4. The lowest BCUT2D eigenvalue weighted by atomic mass is 10.1. The fourth-order valence-electron chi connectivity index (χ4n) is 1.24. The van der Waals surface area contributed by atoms with Gasteiger partial charge in [-0.05, 0) is 17.7 Å². The molecule has 16 heavy (non-hydrogen) atoms. The number of carbonyl (C=O) groups is 1. The Kier molecular flexibility index (Phi) is 3.27. The molecule has 1 N–H and O–H groups in total. The summed E-state index contributed by atoms with van der Waals surface area (Å²) in [6.07, 6.45) is 0.100. The van der Waals surface area contributed by atoms with E-state index < -0.39 is 38.8 Å². The average molecular weight is 250 g/mol. The van der Waals surface area contributed by atoms with Crippen molar-refractivity contribution in [2.75, 3.05) is 6.26 Å². The van der Waals surface area contributed by atoms with Gasteiger partial charge in [-0.15, -0.1) is 0 Å². The van der Waals surface area contributed by atoms with E-state index in [4.69, 9.17) is 5.11 Å². The lowest BCUT2D eigenvalue weighted by Gasteiger charge is -2.04. The number of aliphatic carboxylic acids is 1. The zero-order chi connectivity index (χ0) is 12.5. The van der Waals surface area contributed by atoms with E-state index in [9.17, 15) is 22.0 Å². The Morgan fingerprint density at radius 1 is 1.31 bits per heavy atom. The Bertz CT molecular complexity index is 513. The molecule has 0 amide bonds. The molecular weight excluding hydrogens is 242 g/mol. The van der Waals surface area contributed by atoms with E-state index in [1.54, 1.807) is 0 Å². The van der Waals surface area contributed by atoms with Crippen molar-refractivity contribution in [2.24, 2.45) is 0 Å². The van der Waals surface area contributed by atoms with Crippen LogP contribution in [0.15, 0.2) is 17.0 Å². The second-order valence-electron chi connectivity index (χ2n) is 3.23. The van der Waals surface area contributed by atoms with E-state index >= 15 is 0 Å². The summed E-state index contributed by atoms with van der Waals surface area (Å²) < 4.78 is 48.5. The maximum atomic E-state index is 13.2. The van der Waals surface area contributed by atoms with Gasteiger partial charge in [0.2, 0.25) is 0 Å². The highest BCUT2D eigenvalue weighted by Gasteiger charge is 2.20. The highest BCUT2D eigenvalue weighted by Crippen LogP contribution is 2.20. The minimum absolute atomic E-state index is 0.130. The first-order valence-corrected chi connectivity index (χ1v) is 6.00. The zero-order valence-electron chi connectivity index (χ0n) is 8.20. The average Bonchev–Trinajstić information content (AvgIpc) is 1.96. The molecule has 0 fully saturated rings. The third-order valence-electron chi connectivity index (χ3n) is 1.78. The van der Waals surface area contributed by atoms with Crippen LogP contribution in [0.5, 0.6) is 0 Å². The quantitative estimate of drug-likeness (QED) is 0.868. The van der Waals surface area contributed by atoms with Gasteiger partial charge in [0.25, 0.3) is 0 Å². The Hall–Kier alpha value is -1.50. The van der Waals surface area contributed by atoms with E-state index in [0.29, 0.717) is 18.4 Å². The van der Waals surface area contributed by atoms with Gasteiger partial charge in [-0.1, -0.05) is 0 Å². The highest BCUT2D eigenvalue weighted by atomic mass is 32.2. The third-order valence-corrected chi connectivity index (χ3v) is 2.92. The van der Waals surface area contributed by atoms with Crippen LogP contribution in [0.4, 0.5) is 8.78 Å². The molecule has 0 radical (unpaired) electrons. The third kappa shape index (κ3) is 2.75. The summed E-state index contributed by atoms with van der Waals surface area (Å²) >= 11 is 0. The van der Waals surface area contributed by atoms with Gasteiger partial charge < -0.3 is 5.11 Å². The van der Waals surface area contributed by atoms with Gasteiger partial charge in [-0.25, -0.2) is 17.2 Å². The van der Waals surface area contributed by atoms with E-state index in [0.717, 1.165) is 0 Å². The Balaban J connectivity index is 3.34. The van der Waals surface area contributed by atoms with Gasteiger partial charge in [0.1, 0.15) is 16.5 Å². The summed E-state index contributed by atoms with van der Waals surface area (Å²) in [4.78, 5) is 9.27. The molecule has 4 nitrogen and oxygen atoms in total. The van der Waals surface area contributed by atoms with Crippen LogP contribution in [-0.4, -0.2) is 25.7 Å². The van der Waals surface area contributed by atoms with Crippen molar-refractivity contribution in [3.8, 4) is 0 Å². The van der Waals surface area contributed by atoms with E-state index in [-0.39, 0.29) is 5.56 Å². The summed E-state index contributed by atoms with van der Waals surface area (Å²) in [5.74, 6) is -3.82. The maximum Gasteiger partial charge on any atom is 0.307 e.